The maximum atomic E-state index is 13.8. The Morgan fingerprint density at radius 3 is 2.41 bits per heavy atom. The number of benzene rings is 2. The number of hydrogen-bond donors (Lipinski definition) is 1. The fraction of sp³-hybridized carbons (Fsp3) is 0.375. The van der Waals surface area contributed by atoms with Crippen molar-refractivity contribution >= 4 is 23.5 Å². The van der Waals surface area contributed by atoms with Gasteiger partial charge in [-0.1, -0.05) is 30.3 Å². The SMILES string of the molecule is COC(=O)c1cc(F)cc(C)c1NC(=O)C[N+]1(CC(=O)OCc2ccccc2)CCCC1. The summed E-state index contributed by atoms with van der Waals surface area (Å²) in [6, 6.07) is 11.7. The van der Waals surface area contributed by atoms with Crippen LogP contribution < -0.4 is 5.32 Å². The van der Waals surface area contributed by atoms with E-state index in [9.17, 15) is 18.8 Å². The zero-order valence-electron chi connectivity index (χ0n) is 18.4. The summed E-state index contributed by atoms with van der Waals surface area (Å²) in [5.41, 5.74) is 1.48. The second kappa shape index (κ2) is 10.4. The lowest BCUT2D eigenvalue weighted by Gasteiger charge is -2.32. The van der Waals surface area contributed by atoms with E-state index in [0.29, 0.717) is 18.7 Å². The molecule has 0 unspecified atom stereocenters. The summed E-state index contributed by atoms with van der Waals surface area (Å²) in [5.74, 6) is -2.05. The van der Waals surface area contributed by atoms with E-state index < -0.39 is 11.8 Å². The summed E-state index contributed by atoms with van der Waals surface area (Å²) in [7, 11) is 1.19. The van der Waals surface area contributed by atoms with Crippen LogP contribution in [-0.4, -0.2) is 55.6 Å². The molecule has 1 N–H and O–H groups in total. The Labute approximate surface area is 186 Å². The molecule has 1 amide bonds. The molecule has 8 heteroatoms. The standard InChI is InChI=1S/C24H27FN2O5/c1-17-12-19(25)13-20(24(30)31-2)23(17)26-21(28)14-27(10-6-7-11-27)15-22(29)32-16-18-8-4-3-5-9-18/h3-5,8-9,12-13H,6-7,10-11,14-16H2,1-2H3/p+1. The summed E-state index contributed by atoms with van der Waals surface area (Å²) in [5, 5.41) is 2.73. The van der Waals surface area contributed by atoms with Gasteiger partial charge in [0.25, 0.3) is 5.91 Å². The third kappa shape index (κ3) is 5.91. The molecule has 0 radical (unpaired) electrons. The molecule has 32 heavy (non-hydrogen) atoms. The Hall–Kier alpha value is -3.26. The molecule has 1 saturated heterocycles. The zero-order valence-corrected chi connectivity index (χ0v) is 18.4. The number of halogens is 1. The Balaban J connectivity index is 1.68. The fourth-order valence-electron chi connectivity index (χ4n) is 4.10. The number of hydrogen-bond acceptors (Lipinski definition) is 5. The molecule has 170 valence electrons. The van der Waals surface area contributed by atoms with Crippen LogP contribution in [0.25, 0.3) is 0 Å². The molecule has 2 aromatic rings. The van der Waals surface area contributed by atoms with Crippen LogP contribution in [0.1, 0.15) is 34.3 Å². The van der Waals surface area contributed by atoms with Gasteiger partial charge in [0.2, 0.25) is 0 Å². The number of anilines is 1. The Bertz CT molecular complexity index is 987. The van der Waals surface area contributed by atoms with Crippen molar-refractivity contribution in [3.63, 3.8) is 0 Å². The number of amides is 1. The summed E-state index contributed by atoms with van der Waals surface area (Å²) in [6.45, 7) is 3.29. The number of quaternary nitrogens is 1. The van der Waals surface area contributed by atoms with Crippen LogP contribution in [0.3, 0.4) is 0 Å². The third-order valence-electron chi connectivity index (χ3n) is 5.67. The van der Waals surface area contributed by atoms with Crippen molar-refractivity contribution < 1.29 is 32.7 Å². The second-order valence-electron chi connectivity index (χ2n) is 8.14. The molecule has 1 fully saturated rings. The van der Waals surface area contributed by atoms with Gasteiger partial charge >= 0.3 is 11.9 Å². The number of likely N-dealkylation sites (tertiary alicyclic amines) is 1. The van der Waals surface area contributed by atoms with Crippen molar-refractivity contribution in [1.29, 1.82) is 0 Å². The number of esters is 2. The minimum absolute atomic E-state index is 0.0476. The molecule has 1 heterocycles. The Kier molecular flexibility index (Phi) is 7.58. The Morgan fingerprint density at radius 2 is 1.75 bits per heavy atom. The number of methoxy groups -OCH3 is 1. The van der Waals surface area contributed by atoms with Gasteiger partial charge in [-0.15, -0.1) is 0 Å². The first-order valence-corrected chi connectivity index (χ1v) is 10.5. The van der Waals surface area contributed by atoms with Gasteiger partial charge in [0.05, 0.1) is 31.5 Å². The lowest BCUT2D eigenvalue weighted by atomic mass is 10.1. The van der Waals surface area contributed by atoms with Gasteiger partial charge in [-0.25, -0.2) is 14.0 Å². The monoisotopic (exact) mass is 443 g/mol. The van der Waals surface area contributed by atoms with Crippen molar-refractivity contribution in [2.45, 2.75) is 26.4 Å². The highest BCUT2D eigenvalue weighted by Gasteiger charge is 2.37. The molecule has 0 bridgehead atoms. The first-order valence-electron chi connectivity index (χ1n) is 10.5. The molecule has 1 aliphatic rings. The molecule has 0 spiro atoms. The largest absolute Gasteiger partial charge is 0.465 e. The normalized spacial score (nSPS) is 14.6. The third-order valence-corrected chi connectivity index (χ3v) is 5.67. The van der Waals surface area contributed by atoms with Gasteiger partial charge in [0, 0.05) is 12.8 Å². The number of rotatable bonds is 8. The van der Waals surface area contributed by atoms with Gasteiger partial charge in [-0.05, 0) is 30.2 Å². The highest BCUT2D eigenvalue weighted by atomic mass is 19.1. The molecular weight excluding hydrogens is 415 g/mol. The topological polar surface area (TPSA) is 81.7 Å². The summed E-state index contributed by atoms with van der Waals surface area (Å²) < 4.78 is 24.2. The van der Waals surface area contributed by atoms with Gasteiger partial charge in [0.1, 0.15) is 12.4 Å². The summed E-state index contributed by atoms with van der Waals surface area (Å²) >= 11 is 0. The van der Waals surface area contributed by atoms with E-state index in [0.717, 1.165) is 24.5 Å². The van der Waals surface area contributed by atoms with Crippen LogP contribution in [0.2, 0.25) is 0 Å². The zero-order chi connectivity index (χ0) is 23.1. The quantitative estimate of drug-likeness (QED) is 0.501. The van der Waals surface area contributed by atoms with Gasteiger partial charge in [-0.2, -0.15) is 0 Å². The molecule has 0 aliphatic carbocycles. The smallest absolute Gasteiger partial charge is 0.362 e. The van der Waals surface area contributed by atoms with Crippen LogP contribution >= 0.6 is 0 Å². The molecule has 0 atom stereocenters. The van der Waals surface area contributed by atoms with Gasteiger partial charge < -0.3 is 19.3 Å². The number of carbonyl (C=O) groups excluding carboxylic acids is 3. The average molecular weight is 443 g/mol. The molecular formula is C24H28FN2O5+. The van der Waals surface area contributed by atoms with E-state index in [-0.39, 0.29) is 47.3 Å². The van der Waals surface area contributed by atoms with Crippen LogP contribution in [0, 0.1) is 12.7 Å². The highest BCUT2D eigenvalue weighted by molar-refractivity contribution is 6.02. The van der Waals surface area contributed by atoms with E-state index in [2.05, 4.69) is 5.32 Å². The minimum Gasteiger partial charge on any atom is -0.465 e. The van der Waals surface area contributed by atoms with Gasteiger partial charge in [0.15, 0.2) is 13.1 Å². The van der Waals surface area contributed by atoms with Crippen molar-refractivity contribution in [2.75, 3.05) is 38.6 Å². The van der Waals surface area contributed by atoms with Crippen molar-refractivity contribution in [3.8, 4) is 0 Å². The first kappa shape index (κ1) is 23.4. The van der Waals surface area contributed by atoms with E-state index in [4.69, 9.17) is 9.47 Å². The van der Waals surface area contributed by atoms with E-state index in [1.807, 2.05) is 30.3 Å². The average Bonchev–Trinajstić information content (AvgIpc) is 3.21. The number of carbonyl (C=O) groups is 3. The fourth-order valence-corrected chi connectivity index (χ4v) is 4.10. The number of nitrogens with zero attached hydrogens (tertiary/aromatic N) is 1. The van der Waals surface area contributed by atoms with Crippen LogP contribution in [0.5, 0.6) is 0 Å². The Morgan fingerprint density at radius 1 is 1.06 bits per heavy atom. The van der Waals surface area contributed by atoms with Crippen LogP contribution in [0.4, 0.5) is 10.1 Å². The minimum atomic E-state index is -0.738. The van der Waals surface area contributed by atoms with Gasteiger partial charge in [-0.3, -0.25) is 4.79 Å². The highest BCUT2D eigenvalue weighted by Crippen LogP contribution is 2.25. The number of ether oxygens (including phenoxy) is 2. The summed E-state index contributed by atoms with van der Waals surface area (Å²) in [4.78, 5) is 37.5. The van der Waals surface area contributed by atoms with Crippen LogP contribution in [-0.2, 0) is 25.7 Å². The molecule has 1 aliphatic heterocycles. The maximum absolute atomic E-state index is 13.8. The van der Waals surface area contributed by atoms with Crippen molar-refractivity contribution in [3.05, 3.63) is 65.0 Å². The molecule has 7 nitrogen and oxygen atoms in total. The predicted octanol–water partition coefficient (Wildman–Crippen LogP) is 3.21. The second-order valence-corrected chi connectivity index (χ2v) is 8.14. The van der Waals surface area contributed by atoms with Crippen molar-refractivity contribution in [1.82, 2.24) is 0 Å². The predicted molar refractivity (Wildman–Crippen MR) is 116 cm³/mol. The maximum Gasteiger partial charge on any atom is 0.362 e. The van der Waals surface area contributed by atoms with E-state index in [1.165, 1.54) is 13.2 Å². The van der Waals surface area contributed by atoms with Crippen LogP contribution in [0.15, 0.2) is 42.5 Å². The number of aryl methyl sites for hydroxylation is 1. The molecule has 2 aromatic carbocycles. The molecule has 0 aromatic heterocycles. The first-order chi connectivity index (χ1) is 15.3. The van der Waals surface area contributed by atoms with Crippen molar-refractivity contribution in [2.24, 2.45) is 0 Å². The summed E-state index contributed by atoms with van der Waals surface area (Å²) in [6.07, 6.45) is 1.81. The lowest BCUT2D eigenvalue weighted by Crippen LogP contribution is -2.53. The van der Waals surface area contributed by atoms with E-state index in [1.54, 1.807) is 6.92 Å². The number of nitrogens with one attached hydrogen (secondary N) is 1. The molecule has 0 saturated carbocycles. The molecule has 3 rings (SSSR count). The lowest BCUT2D eigenvalue weighted by molar-refractivity contribution is -0.902. The van der Waals surface area contributed by atoms with E-state index >= 15 is 0 Å².